The van der Waals surface area contributed by atoms with E-state index in [0.717, 1.165) is 5.56 Å². The van der Waals surface area contributed by atoms with Crippen LogP contribution in [0.4, 0.5) is 0 Å². The van der Waals surface area contributed by atoms with Gasteiger partial charge in [-0.3, -0.25) is 4.79 Å². The lowest BCUT2D eigenvalue weighted by Crippen LogP contribution is -2.24. The number of hydrogen-bond donors (Lipinski definition) is 1. The molecule has 1 amide bonds. The minimum Gasteiger partial charge on any atom is -0.340 e. The predicted molar refractivity (Wildman–Crippen MR) is 72.9 cm³/mol. The minimum atomic E-state index is -0.0499. The van der Waals surface area contributed by atoms with E-state index in [4.69, 9.17) is 0 Å². The summed E-state index contributed by atoms with van der Waals surface area (Å²) in [5, 5.41) is 2.79. The Morgan fingerprint density at radius 1 is 0.889 bits per heavy atom. The van der Waals surface area contributed by atoms with E-state index in [-0.39, 0.29) is 12.0 Å². The van der Waals surface area contributed by atoms with Crippen LogP contribution in [0.1, 0.15) is 30.0 Å². The molecular weight excluding hydrogens is 222 g/mol. The standard InChI is InChI=1S/C16H16NO/c1-13(14-8-4-2-5-9-14)16(17-12-18)15-10-6-3-7-11-15/h2-11,13,16H,1H3,(H,17,18). The molecule has 0 heterocycles. The normalized spacial score (nSPS) is 13.6. The lowest BCUT2D eigenvalue weighted by molar-refractivity contribution is 0.492. The van der Waals surface area contributed by atoms with Crippen molar-refractivity contribution in [2.75, 3.05) is 0 Å². The lowest BCUT2D eigenvalue weighted by Gasteiger charge is -2.23. The van der Waals surface area contributed by atoms with Gasteiger partial charge in [-0.1, -0.05) is 67.6 Å². The van der Waals surface area contributed by atoms with Gasteiger partial charge in [-0.15, -0.1) is 0 Å². The van der Waals surface area contributed by atoms with Crippen LogP contribution in [0.2, 0.25) is 0 Å². The van der Waals surface area contributed by atoms with E-state index < -0.39 is 0 Å². The molecule has 18 heavy (non-hydrogen) atoms. The molecule has 1 N–H and O–H groups in total. The zero-order valence-corrected chi connectivity index (χ0v) is 10.3. The Kier molecular flexibility index (Phi) is 4.13. The van der Waals surface area contributed by atoms with Gasteiger partial charge in [0.1, 0.15) is 0 Å². The number of benzene rings is 2. The Labute approximate surface area is 108 Å². The molecule has 2 heteroatoms. The first-order valence-corrected chi connectivity index (χ1v) is 6.05. The van der Waals surface area contributed by atoms with Crippen molar-refractivity contribution in [1.29, 1.82) is 0 Å². The molecule has 0 aromatic heterocycles. The van der Waals surface area contributed by atoms with Gasteiger partial charge in [0.25, 0.3) is 0 Å². The van der Waals surface area contributed by atoms with E-state index in [1.807, 2.05) is 54.9 Å². The molecule has 2 atom stereocenters. The number of amides is 1. The van der Waals surface area contributed by atoms with Gasteiger partial charge in [0, 0.05) is 5.92 Å². The molecule has 2 aromatic rings. The fourth-order valence-electron chi connectivity index (χ4n) is 2.17. The molecule has 0 aliphatic heterocycles. The maximum atomic E-state index is 10.7. The molecule has 0 saturated carbocycles. The molecular formula is C16H16NO. The highest BCUT2D eigenvalue weighted by atomic mass is 16.1. The van der Waals surface area contributed by atoms with Crippen molar-refractivity contribution in [3.63, 3.8) is 0 Å². The third-order valence-electron chi connectivity index (χ3n) is 3.20. The molecule has 1 radical (unpaired) electrons. The summed E-state index contributed by atoms with van der Waals surface area (Å²) in [6, 6.07) is 20.1. The van der Waals surface area contributed by atoms with Crippen LogP contribution in [0.3, 0.4) is 0 Å². The molecule has 0 aliphatic rings. The van der Waals surface area contributed by atoms with E-state index >= 15 is 0 Å². The van der Waals surface area contributed by atoms with Crippen molar-refractivity contribution in [3.05, 3.63) is 71.8 Å². The van der Waals surface area contributed by atoms with Gasteiger partial charge in [-0.2, -0.15) is 0 Å². The molecule has 91 valence electrons. The van der Waals surface area contributed by atoms with E-state index in [1.165, 1.54) is 5.56 Å². The summed E-state index contributed by atoms with van der Waals surface area (Å²) in [7, 11) is 0. The average molecular weight is 238 g/mol. The van der Waals surface area contributed by atoms with E-state index in [9.17, 15) is 4.79 Å². The Morgan fingerprint density at radius 3 is 1.89 bits per heavy atom. The number of rotatable bonds is 5. The van der Waals surface area contributed by atoms with Crippen LogP contribution in [0.5, 0.6) is 0 Å². The van der Waals surface area contributed by atoms with Crippen LogP contribution >= 0.6 is 0 Å². The highest BCUT2D eigenvalue weighted by Crippen LogP contribution is 2.29. The third-order valence-corrected chi connectivity index (χ3v) is 3.20. The van der Waals surface area contributed by atoms with Crippen LogP contribution in [0.25, 0.3) is 0 Å². The lowest BCUT2D eigenvalue weighted by atomic mass is 9.89. The van der Waals surface area contributed by atoms with Gasteiger partial charge in [-0.05, 0) is 11.1 Å². The number of nitrogens with one attached hydrogen (secondary N) is 1. The van der Waals surface area contributed by atoms with Gasteiger partial charge < -0.3 is 5.32 Å². The summed E-state index contributed by atoms with van der Waals surface area (Å²) in [6.07, 6.45) is 1.82. The summed E-state index contributed by atoms with van der Waals surface area (Å²) < 4.78 is 0. The Morgan fingerprint density at radius 2 is 1.39 bits per heavy atom. The maximum absolute atomic E-state index is 10.7. The summed E-state index contributed by atoms with van der Waals surface area (Å²) in [5.41, 5.74) is 2.30. The second kappa shape index (κ2) is 6.01. The largest absolute Gasteiger partial charge is 0.340 e. The maximum Gasteiger partial charge on any atom is 0.309 e. The summed E-state index contributed by atoms with van der Waals surface area (Å²) in [4.78, 5) is 10.7. The Balaban J connectivity index is 2.28. The van der Waals surface area contributed by atoms with Crippen molar-refractivity contribution < 1.29 is 4.79 Å². The predicted octanol–water partition coefficient (Wildman–Crippen LogP) is 3.19. The second-order valence-electron chi connectivity index (χ2n) is 4.33. The summed E-state index contributed by atoms with van der Waals surface area (Å²) in [6.45, 7) is 2.11. The molecule has 2 nitrogen and oxygen atoms in total. The summed E-state index contributed by atoms with van der Waals surface area (Å²) >= 11 is 0. The van der Waals surface area contributed by atoms with Crippen LogP contribution in [0.15, 0.2) is 60.7 Å². The average Bonchev–Trinajstić information content (AvgIpc) is 2.46. The fraction of sp³-hybridized carbons (Fsp3) is 0.188. The van der Waals surface area contributed by atoms with Gasteiger partial charge in [0.2, 0.25) is 0 Å². The van der Waals surface area contributed by atoms with Crippen molar-refractivity contribution >= 4 is 6.41 Å². The topological polar surface area (TPSA) is 29.1 Å². The SMILES string of the molecule is CC(c1ccccc1)C(N[C]=O)c1ccccc1. The highest BCUT2D eigenvalue weighted by Gasteiger charge is 2.19. The van der Waals surface area contributed by atoms with Crippen LogP contribution in [0, 0.1) is 0 Å². The van der Waals surface area contributed by atoms with Crippen molar-refractivity contribution in [2.24, 2.45) is 0 Å². The molecule has 0 fully saturated rings. The highest BCUT2D eigenvalue weighted by molar-refractivity contribution is 5.49. The van der Waals surface area contributed by atoms with Crippen molar-refractivity contribution in [2.45, 2.75) is 18.9 Å². The number of hydrogen-bond acceptors (Lipinski definition) is 1. The van der Waals surface area contributed by atoms with Gasteiger partial charge in [-0.25, -0.2) is 0 Å². The van der Waals surface area contributed by atoms with Gasteiger partial charge in [0.05, 0.1) is 6.04 Å². The molecule has 0 aliphatic carbocycles. The quantitative estimate of drug-likeness (QED) is 0.796. The van der Waals surface area contributed by atoms with E-state index in [1.54, 1.807) is 0 Å². The first kappa shape index (κ1) is 12.4. The molecule has 2 unspecified atom stereocenters. The van der Waals surface area contributed by atoms with Crippen LogP contribution < -0.4 is 5.32 Å². The third kappa shape index (κ3) is 2.77. The van der Waals surface area contributed by atoms with E-state index in [2.05, 4.69) is 24.4 Å². The zero-order valence-electron chi connectivity index (χ0n) is 10.3. The zero-order chi connectivity index (χ0) is 12.8. The smallest absolute Gasteiger partial charge is 0.309 e. The molecule has 0 saturated heterocycles. The Bertz CT molecular complexity index is 481. The van der Waals surface area contributed by atoms with E-state index in [0.29, 0.717) is 0 Å². The number of carbonyl (C=O) groups excluding carboxylic acids is 1. The monoisotopic (exact) mass is 238 g/mol. The first-order valence-electron chi connectivity index (χ1n) is 6.05. The van der Waals surface area contributed by atoms with Crippen molar-refractivity contribution in [3.8, 4) is 0 Å². The minimum absolute atomic E-state index is 0.0499. The molecule has 2 aromatic carbocycles. The Hall–Kier alpha value is -2.09. The van der Waals surface area contributed by atoms with Crippen molar-refractivity contribution in [1.82, 2.24) is 5.32 Å². The first-order chi connectivity index (χ1) is 8.83. The van der Waals surface area contributed by atoms with Crippen LogP contribution in [-0.2, 0) is 4.79 Å². The summed E-state index contributed by atoms with van der Waals surface area (Å²) in [5.74, 6) is 0.204. The molecule has 2 rings (SSSR count). The van der Waals surface area contributed by atoms with Gasteiger partial charge >= 0.3 is 6.41 Å². The van der Waals surface area contributed by atoms with Crippen LogP contribution in [-0.4, -0.2) is 6.41 Å². The van der Waals surface area contributed by atoms with Gasteiger partial charge in [0.15, 0.2) is 0 Å². The fourth-order valence-corrected chi connectivity index (χ4v) is 2.17. The molecule has 0 bridgehead atoms. The molecule has 0 spiro atoms. The second-order valence-corrected chi connectivity index (χ2v) is 4.33.